The molecule has 0 radical (unpaired) electrons. The van der Waals surface area contributed by atoms with Gasteiger partial charge in [-0.1, -0.05) is 109 Å². The van der Waals surface area contributed by atoms with Gasteiger partial charge in [-0.15, -0.1) is 0 Å². The fourth-order valence-corrected chi connectivity index (χ4v) is 7.25. The molecule has 60 heavy (non-hydrogen) atoms. The van der Waals surface area contributed by atoms with E-state index in [0.717, 1.165) is 28.8 Å². The normalized spacial score (nSPS) is 19.6. The van der Waals surface area contributed by atoms with E-state index in [1.54, 1.807) is 24.3 Å². The van der Waals surface area contributed by atoms with Crippen molar-refractivity contribution >= 4 is 29.4 Å². The lowest BCUT2D eigenvalue weighted by Crippen LogP contribution is -2.54. The maximum absolute atomic E-state index is 14.4. The molecule has 2 bridgehead atoms. The average Bonchev–Trinajstić information content (AvgIpc) is 3.24. The zero-order valence-electron chi connectivity index (χ0n) is 32.7. The van der Waals surface area contributed by atoms with Crippen molar-refractivity contribution in [3.8, 4) is 16.9 Å². The molecule has 7 rings (SSSR count). The van der Waals surface area contributed by atoms with Gasteiger partial charge < -0.3 is 20.5 Å². The average molecular weight is 819 g/mol. The molecule has 0 aliphatic carbocycles. The molecule has 2 aliphatic heterocycles. The summed E-state index contributed by atoms with van der Waals surface area (Å²) >= 11 is 0. The standard InChI is InChI=1S/C48H45F3N2O7/c49-48(50,51)39-20-13-32(14-21-39)25-37-28-40(54)30-60-41-22-15-33(16-23-41)26-38(47(58)59)29-44(55)42(24-17-31-7-3-1-4-8-31)52-46(57)43(53-45(37)56)27-34-11-18-36(19-12-34)35-9-5-2-6-10-35/h1-16,18-23,37-38,42-43H,17,24-30H2,(H,52,57)(H,53,56)(H,58,59)/t37-,38-,42+,43-/m1/s1. The molecule has 2 aliphatic rings. The SMILES string of the molecule is O=C1COc2ccc(cc2)C[C@@H](C(=O)O)CC(=O)[C@H](CCc2ccccc2)NC(=O)[C@@H](Cc2ccc(-c3ccccc3)cc2)NC(=O)[C@H](Cc2ccc(C(F)(F)F)cc2)C1. The first kappa shape index (κ1) is 43.0. The number of fused-ring (bicyclic) bond motifs is 16. The number of ether oxygens (including phenoxy) is 1. The summed E-state index contributed by atoms with van der Waals surface area (Å²) in [6.07, 6.45) is -4.92. The number of carbonyl (C=O) groups excluding carboxylic acids is 4. The number of carboxylic acids is 1. The van der Waals surface area contributed by atoms with Crippen LogP contribution in [0.15, 0.2) is 133 Å². The lowest BCUT2D eigenvalue weighted by Gasteiger charge is -2.26. The van der Waals surface area contributed by atoms with Gasteiger partial charge in [-0.25, -0.2) is 0 Å². The summed E-state index contributed by atoms with van der Waals surface area (Å²) in [7, 11) is 0. The van der Waals surface area contributed by atoms with Crippen LogP contribution in [0.1, 0.15) is 47.1 Å². The van der Waals surface area contributed by atoms with Crippen molar-refractivity contribution < 1.29 is 47.0 Å². The van der Waals surface area contributed by atoms with E-state index in [2.05, 4.69) is 10.6 Å². The molecule has 2 amide bonds. The third-order valence-electron chi connectivity index (χ3n) is 10.6. The van der Waals surface area contributed by atoms with Crippen LogP contribution in [-0.2, 0) is 55.8 Å². The van der Waals surface area contributed by atoms with Crippen molar-refractivity contribution in [1.82, 2.24) is 10.6 Å². The Kier molecular flexibility index (Phi) is 14.3. The van der Waals surface area contributed by atoms with E-state index in [1.165, 1.54) is 12.1 Å². The Morgan fingerprint density at radius 2 is 1.22 bits per heavy atom. The Labute approximate surface area is 346 Å². The molecule has 0 fully saturated rings. The number of Topliss-reactive ketones (excluding diaryl/α,β-unsaturated/α-hetero) is 2. The van der Waals surface area contributed by atoms with E-state index in [4.69, 9.17) is 4.74 Å². The van der Waals surface area contributed by atoms with Crippen molar-refractivity contribution in [2.45, 2.75) is 63.2 Å². The lowest BCUT2D eigenvalue weighted by atomic mass is 9.90. The Morgan fingerprint density at radius 1 is 0.633 bits per heavy atom. The fourth-order valence-electron chi connectivity index (χ4n) is 7.25. The van der Waals surface area contributed by atoms with Crippen LogP contribution < -0.4 is 15.4 Å². The number of rotatable bonds is 9. The number of amides is 2. The van der Waals surface area contributed by atoms with Crippen molar-refractivity contribution in [1.29, 1.82) is 0 Å². The van der Waals surface area contributed by atoms with Crippen LogP contribution >= 0.6 is 0 Å². The molecule has 0 aromatic heterocycles. The van der Waals surface area contributed by atoms with Crippen molar-refractivity contribution in [3.63, 3.8) is 0 Å². The molecule has 0 unspecified atom stereocenters. The second-order valence-electron chi connectivity index (χ2n) is 15.1. The van der Waals surface area contributed by atoms with Gasteiger partial charge in [-0.05, 0) is 83.3 Å². The molecule has 0 spiro atoms. The minimum atomic E-state index is -4.57. The lowest BCUT2D eigenvalue weighted by molar-refractivity contribution is -0.144. The Balaban J connectivity index is 1.34. The Morgan fingerprint density at radius 3 is 1.85 bits per heavy atom. The minimum absolute atomic E-state index is 0.0168. The molecular weight excluding hydrogens is 774 g/mol. The number of alkyl halides is 3. The fraction of sp³-hybridized carbons (Fsp3) is 0.271. The van der Waals surface area contributed by atoms with Crippen molar-refractivity contribution in [2.24, 2.45) is 11.8 Å². The summed E-state index contributed by atoms with van der Waals surface area (Å²) in [6, 6.07) is 34.7. The van der Waals surface area contributed by atoms with E-state index in [-0.39, 0.29) is 38.5 Å². The van der Waals surface area contributed by atoms with Gasteiger partial charge >= 0.3 is 12.1 Å². The third kappa shape index (κ3) is 12.2. The summed E-state index contributed by atoms with van der Waals surface area (Å²) in [5, 5.41) is 15.8. The number of hydrogen-bond donors (Lipinski definition) is 3. The number of hydrogen-bond acceptors (Lipinski definition) is 6. The predicted molar refractivity (Wildman–Crippen MR) is 219 cm³/mol. The van der Waals surface area contributed by atoms with Crippen molar-refractivity contribution in [2.75, 3.05) is 6.61 Å². The first-order valence-corrected chi connectivity index (χ1v) is 19.7. The summed E-state index contributed by atoms with van der Waals surface area (Å²) in [4.78, 5) is 68.7. The van der Waals surface area contributed by atoms with Crippen LogP contribution in [0.3, 0.4) is 0 Å². The van der Waals surface area contributed by atoms with Crippen molar-refractivity contribution in [3.05, 3.63) is 161 Å². The van der Waals surface area contributed by atoms with Crippen LogP contribution in [0, 0.1) is 11.8 Å². The molecule has 5 aromatic carbocycles. The minimum Gasteiger partial charge on any atom is -0.486 e. The summed E-state index contributed by atoms with van der Waals surface area (Å²) in [5.41, 5.74) is 3.56. The van der Waals surface area contributed by atoms with E-state index < -0.39 is 71.6 Å². The smallest absolute Gasteiger partial charge is 0.416 e. The molecule has 3 N–H and O–H groups in total. The van der Waals surface area contributed by atoms with Crippen LogP contribution in [0.25, 0.3) is 11.1 Å². The zero-order valence-corrected chi connectivity index (χ0v) is 32.7. The van der Waals surface area contributed by atoms with Gasteiger partial charge in [0.2, 0.25) is 11.8 Å². The number of aliphatic carboxylic acids is 1. The van der Waals surface area contributed by atoms with Crippen LogP contribution in [0.4, 0.5) is 13.2 Å². The van der Waals surface area contributed by atoms with Gasteiger partial charge in [0, 0.05) is 25.2 Å². The number of ketones is 2. The molecule has 0 saturated heterocycles. The molecule has 0 saturated carbocycles. The van der Waals surface area contributed by atoms with Gasteiger partial charge in [0.05, 0.1) is 17.5 Å². The van der Waals surface area contributed by atoms with Gasteiger partial charge in [0.15, 0.2) is 11.6 Å². The van der Waals surface area contributed by atoms with E-state index in [0.29, 0.717) is 28.9 Å². The number of benzene rings is 5. The maximum atomic E-state index is 14.4. The van der Waals surface area contributed by atoms with E-state index in [1.807, 2.05) is 84.9 Å². The monoisotopic (exact) mass is 818 g/mol. The first-order chi connectivity index (χ1) is 28.8. The second kappa shape index (κ2) is 19.9. The summed E-state index contributed by atoms with van der Waals surface area (Å²) in [6.45, 7) is -0.427. The highest BCUT2D eigenvalue weighted by Crippen LogP contribution is 2.30. The molecular formula is C48H45F3N2O7. The number of carboxylic acid groups (broad SMARTS) is 1. The first-order valence-electron chi connectivity index (χ1n) is 19.7. The largest absolute Gasteiger partial charge is 0.486 e. The van der Waals surface area contributed by atoms with Gasteiger partial charge in [0.1, 0.15) is 18.4 Å². The number of halogens is 3. The summed E-state index contributed by atoms with van der Waals surface area (Å²) in [5.74, 6) is -5.48. The molecule has 2 heterocycles. The number of aryl methyl sites for hydroxylation is 1. The highest BCUT2D eigenvalue weighted by molar-refractivity contribution is 5.95. The van der Waals surface area contributed by atoms with Gasteiger partial charge in [-0.3, -0.25) is 24.0 Å². The molecule has 5 aromatic rings. The van der Waals surface area contributed by atoms with Gasteiger partial charge in [0.25, 0.3) is 0 Å². The quantitative estimate of drug-likeness (QED) is 0.139. The van der Waals surface area contributed by atoms with E-state index in [9.17, 15) is 42.3 Å². The zero-order chi connectivity index (χ0) is 42.6. The Hall–Kier alpha value is -6.56. The van der Waals surface area contributed by atoms with Crippen LogP contribution in [-0.4, -0.2) is 53.1 Å². The highest BCUT2D eigenvalue weighted by Gasteiger charge is 2.33. The third-order valence-corrected chi connectivity index (χ3v) is 10.6. The summed E-state index contributed by atoms with van der Waals surface area (Å²) < 4.78 is 45.9. The number of carbonyl (C=O) groups is 5. The maximum Gasteiger partial charge on any atom is 0.416 e. The highest BCUT2D eigenvalue weighted by atomic mass is 19.4. The second-order valence-corrected chi connectivity index (χ2v) is 15.1. The topological polar surface area (TPSA) is 139 Å². The Bertz CT molecular complexity index is 2250. The van der Waals surface area contributed by atoms with Crippen LogP contribution in [0.5, 0.6) is 5.75 Å². The van der Waals surface area contributed by atoms with E-state index >= 15 is 0 Å². The molecule has 310 valence electrons. The number of nitrogens with one attached hydrogen (secondary N) is 2. The van der Waals surface area contributed by atoms with Crippen LogP contribution in [0.2, 0.25) is 0 Å². The molecule has 12 heteroatoms. The molecule has 4 atom stereocenters. The van der Waals surface area contributed by atoms with Gasteiger partial charge in [-0.2, -0.15) is 13.2 Å². The predicted octanol–water partition coefficient (Wildman–Crippen LogP) is 7.63. The molecule has 9 nitrogen and oxygen atoms in total.